The van der Waals surface area contributed by atoms with Gasteiger partial charge in [-0.1, -0.05) is 36.9 Å². The van der Waals surface area contributed by atoms with Crippen LogP contribution in [-0.2, 0) is 0 Å². The van der Waals surface area contributed by atoms with Crippen LogP contribution in [0.3, 0.4) is 0 Å². The van der Waals surface area contributed by atoms with E-state index in [4.69, 9.17) is 0 Å². The zero-order valence-electron chi connectivity index (χ0n) is 8.52. The van der Waals surface area contributed by atoms with E-state index in [1.165, 1.54) is 0 Å². The summed E-state index contributed by atoms with van der Waals surface area (Å²) in [5.74, 6) is 0.175. The third-order valence-electron chi connectivity index (χ3n) is 2.21. The molecule has 2 rings (SSSR count). The van der Waals surface area contributed by atoms with Crippen LogP contribution < -0.4 is 0 Å². The lowest BCUT2D eigenvalue weighted by Gasteiger charge is -2.06. The van der Waals surface area contributed by atoms with Crippen LogP contribution in [0.5, 0.6) is 5.75 Å². The zero-order chi connectivity index (χ0) is 11.5. The summed E-state index contributed by atoms with van der Waals surface area (Å²) in [4.78, 5) is 4.27. The molecule has 0 aliphatic heterocycles. The van der Waals surface area contributed by atoms with Crippen molar-refractivity contribution in [1.82, 2.24) is 4.98 Å². The fourth-order valence-electron chi connectivity index (χ4n) is 1.43. The summed E-state index contributed by atoms with van der Waals surface area (Å²) in [7, 11) is 0. The van der Waals surface area contributed by atoms with E-state index in [0.717, 1.165) is 11.1 Å². The van der Waals surface area contributed by atoms with Gasteiger partial charge in [-0.05, 0) is 21.5 Å². The number of benzene rings is 1. The van der Waals surface area contributed by atoms with Crippen LogP contribution in [0.4, 0.5) is 0 Å². The van der Waals surface area contributed by atoms with E-state index in [1.807, 2.05) is 30.3 Å². The molecule has 0 aliphatic carbocycles. The number of rotatable bonds is 2. The van der Waals surface area contributed by atoms with Gasteiger partial charge in [-0.25, -0.2) is 4.98 Å². The first-order valence-corrected chi connectivity index (χ1v) is 5.57. The number of aromatic nitrogens is 1. The van der Waals surface area contributed by atoms with Crippen molar-refractivity contribution in [3.8, 4) is 5.75 Å². The molecule has 0 saturated heterocycles. The summed E-state index contributed by atoms with van der Waals surface area (Å²) in [6.07, 6.45) is 0. The normalized spacial score (nSPS) is 10.1. The van der Waals surface area contributed by atoms with Crippen LogP contribution >= 0.6 is 15.9 Å². The number of nitrogens with zero attached hydrogens (tertiary/aromatic N) is 1. The Morgan fingerprint density at radius 2 is 1.88 bits per heavy atom. The minimum atomic E-state index is 0.175. The van der Waals surface area contributed by atoms with Crippen molar-refractivity contribution in [2.24, 2.45) is 0 Å². The molecule has 2 nitrogen and oxygen atoms in total. The third kappa shape index (κ3) is 2.31. The summed E-state index contributed by atoms with van der Waals surface area (Å²) < 4.78 is 0.597. The van der Waals surface area contributed by atoms with Crippen molar-refractivity contribution in [2.75, 3.05) is 0 Å². The largest absolute Gasteiger partial charge is 0.508 e. The molecule has 80 valence electrons. The van der Waals surface area contributed by atoms with Crippen molar-refractivity contribution < 1.29 is 5.11 Å². The Labute approximate surface area is 102 Å². The summed E-state index contributed by atoms with van der Waals surface area (Å²) in [6.45, 7) is 3.98. The molecule has 16 heavy (non-hydrogen) atoms. The van der Waals surface area contributed by atoms with E-state index in [2.05, 4.69) is 27.5 Å². The van der Waals surface area contributed by atoms with Crippen LogP contribution in [0.25, 0.3) is 5.57 Å². The SMILES string of the molecule is C=C(c1ccccc1)c1cc(O)cc(Br)n1. The summed E-state index contributed by atoms with van der Waals surface area (Å²) >= 11 is 3.24. The lowest BCUT2D eigenvalue weighted by atomic mass is 10.0. The highest BCUT2D eigenvalue weighted by molar-refractivity contribution is 9.10. The van der Waals surface area contributed by atoms with Gasteiger partial charge in [0.05, 0.1) is 5.69 Å². The summed E-state index contributed by atoms with van der Waals surface area (Å²) in [5.41, 5.74) is 2.45. The van der Waals surface area contributed by atoms with E-state index in [9.17, 15) is 5.11 Å². The molecular weight excluding hydrogens is 266 g/mol. The summed E-state index contributed by atoms with van der Waals surface area (Å²) in [6, 6.07) is 12.9. The average molecular weight is 276 g/mol. The summed E-state index contributed by atoms with van der Waals surface area (Å²) in [5, 5.41) is 9.48. The van der Waals surface area contributed by atoms with Gasteiger partial charge in [0.15, 0.2) is 0 Å². The van der Waals surface area contributed by atoms with Gasteiger partial charge in [-0.3, -0.25) is 0 Å². The Hall–Kier alpha value is -1.61. The van der Waals surface area contributed by atoms with Gasteiger partial charge in [-0.2, -0.15) is 0 Å². The molecule has 3 heteroatoms. The lowest BCUT2D eigenvalue weighted by Crippen LogP contribution is -1.90. The van der Waals surface area contributed by atoms with Crippen LogP contribution in [0.15, 0.2) is 53.6 Å². The highest BCUT2D eigenvalue weighted by atomic mass is 79.9. The van der Waals surface area contributed by atoms with Gasteiger partial charge in [0.2, 0.25) is 0 Å². The van der Waals surface area contributed by atoms with Crippen molar-refractivity contribution in [1.29, 1.82) is 0 Å². The molecule has 0 fully saturated rings. The minimum Gasteiger partial charge on any atom is -0.508 e. The molecular formula is C13H10BrNO. The molecule has 0 atom stereocenters. The quantitative estimate of drug-likeness (QED) is 0.850. The number of halogens is 1. The van der Waals surface area contributed by atoms with Crippen LogP contribution in [0.1, 0.15) is 11.3 Å². The Morgan fingerprint density at radius 1 is 1.19 bits per heavy atom. The van der Waals surface area contributed by atoms with E-state index < -0.39 is 0 Å². The van der Waals surface area contributed by atoms with Crippen molar-refractivity contribution >= 4 is 21.5 Å². The van der Waals surface area contributed by atoms with Crippen LogP contribution in [-0.4, -0.2) is 10.1 Å². The number of hydrogen-bond acceptors (Lipinski definition) is 2. The fraction of sp³-hybridized carbons (Fsp3) is 0. The minimum absolute atomic E-state index is 0.175. The second-order valence-electron chi connectivity index (χ2n) is 3.38. The maximum Gasteiger partial charge on any atom is 0.120 e. The van der Waals surface area contributed by atoms with Gasteiger partial charge in [0.1, 0.15) is 10.4 Å². The Balaban J connectivity index is 2.42. The number of hydrogen-bond donors (Lipinski definition) is 1. The molecule has 1 aromatic heterocycles. The molecule has 0 saturated carbocycles. The zero-order valence-corrected chi connectivity index (χ0v) is 10.1. The molecule has 1 aromatic carbocycles. The second kappa shape index (κ2) is 4.49. The maximum atomic E-state index is 9.48. The number of aromatic hydroxyl groups is 1. The molecule has 2 aromatic rings. The molecule has 0 bridgehead atoms. The molecule has 0 unspecified atom stereocenters. The highest BCUT2D eigenvalue weighted by Gasteiger charge is 2.05. The van der Waals surface area contributed by atoms with E-state index in [1.54, 1.807) is 12.1 Å². The number of pyridine rings is 1. The van der Waals surface area contributed by atoms with Gasteiger partial charge < -0.3 is 5.11 Å². The molecule has 0 spiro atoms. The van der Waals surface area contributed by atoms with E-state index >= 15 is 0 Å². The van der Waals surface area contributed by atoms with Gasteiger partial charge >= 0.3 is 0 Å². The van der Waals surface area contributed by atoms with Crippen LogP contribution in [0, 0.1) is 0 Å². The first-order valence-electron chi connectivity index (χ1n) is 4.78. The predicted octanol–water partition coefficient (Wildman–Crippen LogP) is 3.61. The lowest BCUT2D eigenvalue weighted by molar-refractivity contribution is 0.473. The Kier molecular flexibility index (Phi) is 3.06. The topological polar surface area (TPSA) is 33.1 Å². The van der Waals surface area contributed by atoms with E-state index in [0.29, 0.717) is 10.3 Å². The second-order valence-corrected chi connectivity index (χ2v) is 4.19. The first kappa shape index (κ1) is 10.9. The van der Waals surface area contributed by atoms with Crippen LogP contribution in [0.2, 0.25) is 0 Å². The van der Waals surface area contributed by atoms with Gasteiger partial charge in [-0.15, -0.1) is 0 Å². The molecule has 1 N–H and O–H groups in total. The molecule has 1 heterocycles. The Morgan fingerprint density at radius 3 is 2.50 bits per heavy atom. The fourth-order valence-corrected chi connectivity index (χ4v) is 1.85. The molecule has 0 aliphatic rings. The van der Waals surface area contributed by atoms with Crippen molar-refractivity contribution in [2.45, 2.75) is 0 Å². The predicted molar refractivity (Wildman–Crippen MR) is 68.2 cm³/mol. The van der Waals surface area contributed by atoms with Gasteiger partial charge in [0.25, 0.3) is 0 Å². The third-order valence-corrected chi connectivity index (χ3v) is 2.62. The monoisotopic (exact) mass is 275 g/mol. The molecule has 0 amide bonds. The smallest absolute Gasteiger partial charge is 0.120 e. The average Bonchev–Trinajstić information content (AvgIpc) is 2.28. The van der Waals surface area contributed by atoms with E-state index in [-0.39, 0.29) is 5.75 Å². The first-order chi connectivity index (χ1) is 7.66. The van der Waals surface area contributed by atoms with Crippen molar-refractivity contribution in [3.05, 3.63) is 64.9 Å². The van der Waals surface area contributed by atoms with Crippen molar-refractivity contribution in [3.63, 3.8) is 0 Å². The highest BCUT2D eigenvalue weighted by Crippen LogP contribution is 2.25. The maximum absolute atomic E-state index is 9.48. The standard InChI is InChI=1S/C13H10BrNO/c1-9(10-5-3-2-4-6-10)12-7-11(16)8-13(14)15-12/h2-8H,1H2,(H,15,16). The van der Waals surface area contributed by atoms with Gasteiger partial charge in [0, 0.05) is 17.7 Å². The Bertz CT molecular complexity index is 502. The molecule has 0 radical (unpaired) electrons.